The van der Waals surface area contributed by atoms with Gasteiger partial charge in [0.15, 0.2) is 5.78 Å². The van der Waals surface area contributed by atoms with E-state index >= 15 is 0 Å². The highest BCUT2D eigenvalue weighted by Crippen LogP contribution is 2.30. The topological polar surface area (TPSA) is 35.9 Å². The number of aliphatic imine (C=N–C) groups is 1. The van der Waals surface area contributed by atoms with Gasteiger partial charge in [-0.15, -0.1) is 4.48 Å². The number of hydrogen-bond acceptors (Lipinski definition) is 4. The molecular formula is C26H33F2N3O. The molecule has 0 saturated heterocycles. The van der Waals surface area contributed by atoms with Crippen LogP contribution in [0.1, 0.15) is 48.7 Å². The highest BCUT2D eigenvalue weighted by molar-refractivity contribution is 5.94. The molecule has 32 heavy (non-hydrogen) atoms. The average Bonchev–Trinajstić information content (AvgIpc) is 2.73. The lowest BCUT2D eigenvalue weighted by Crippen LogP contribution is -2.37. The van der Waals surface area contributed by atoms with E-state index in [2.05, 4.69) is 29.5 Å². The Balaban J connectivity index is 2.17. The predicted octanol–water partition coefficient (Wildman–Crippen LogP) is 5.72. The first-order chi connectivity index (χ1) is 15.1. The molecule has 6 heteroatoms. The fourth-order valence-electron chi connectivity index (χ4n) is 3.93. The number of Topliss-reactive ketones (excluding diaryl/α,β-unsaturated/α-hetero) is 1. The molecule has 1 heterocycles. The SMILES string of the molecule is C=C(/C=C(\C)C(C)N1CC=C(c2c(C)cc(C(C)=O)cc2F)CC1)/C(=C\C=NC)N(C)F. The maximum absolute atomic E-state index is 14.7. The number of carbonyl (C=O) groups excluding carboxylic acids is 1. The summed E-state index contributed by atoms with van der Waals surface area (Å²) in [5.41, 5.74) is 4.71. The second-order valence-corrected chi connectivity index (χ2v) is 8.21. The molecular weight excluding hydrogens is 408 g/mol. The Kier molecular flexibility index (Phi) is 8.84. The van der Waals surface area contributed by atoms with Crippen molar-refractivity contribution in [2.24, 2.45) is 4.99 Å². The van der Waals surface area contributed by atoms with E-state index in [0.29, 0.717) is 40.5 Å². The van der Waals surface area contributed by atoms with Gasteiger partial charge in [-0.25, -0.2) is 9.51 Å². The van der Waals surface area contributed by atoms with Gasteiger partial charge in [0.25, 0.3) is 0 Å². The number of rotatable bonds is 8. The van der Waals surface area contributed by atoms with Gasteiger partial charge in [-0.3, -0.25) is 14.7 Å². The summed E-state index contributed by atoms with van der Waals surface area (Å²) >= 11 is 0. The molecule has 0 aliphatic carbocycles. The van der Waals surface area contributed by atoms with E-state index in [1.165, 1.54) is 26.3 Å². The number of halogens is 2. The summed E-state index contributed by atoms with van der Waals surface area (Å²) in [5.74, 6) is -0.487. The van der Waals surface area contributed by atoms with Gasteiger partial charge in [0.2, 0.25) is 0 Å². The molecule has 0 radical (unpaired) electrons. The smallest absolute Gasteiger partial charge is 0.159 e. The van der Waals surface area contributed by atoms with Crippen LogP contribution >= 0.6 is 0 Å². The fourth-order valence-corrected chi connectivity index (χ4v) is 3.93. The Morgan fingerprint density at radius 2 is 2.03 bits per heavy atom. The van der Waals surface area contributed by atoms with Crippen molar-refractivity contribution in [1.29, 1.82) is 0 Å². The van der Waals surface area contributed by atoms with Gasteiger partial charge in [-0.05, 0) is 69.0 Å². The van der Waals surface area contributed by atoms with E-state index in [9.17, 15) is 13.7 Å². The standard InChI is InChI=1S/C26H33F2N3O/c1-17(14-18(2)25(30(7)28)8-11-29-6)20(4)31-12-9-22(10-13-31)26-19(3)15-23(21(5)32)16-24(26)27/h8-9,11,14-16,20H,2,10,12-13H2,1,3-7H3/b17-14+,25-8+,29-11?. The molecule has 1 aromatic carbocycles. The highest BCUT2D eigenvalue weighted by Gasteiger charge is 2.22. The third-order valence-corrected chi connectivity index (χ3v) is 5.91. The van der Waals surface area contributed by atoms with E-state index in [4.69, 9.17) is 0 Å². The minimum Gasteiger partial charge on any atom is -0.296 e. The van der Waals surface area contributed by atoms with Crippen LogP contribution in [0.2, 0.25) is 0 Å². The van der Waals surface area contributed by atoms with Crippen molar-refractivity contribution >= 4 is 17.6 Å². The summed E-state index contributed by atoms with van der Waals surface area (Å²) in [5, 5.41) is 0.530. The number of benzene rings is 1. The van der Waals surface area contributed by atoms with E-state index < -0.39 is 0 Å². The number of nitrogens with zero attached hydrogens (tertiary/aromatic N) is 3. The van der Waals surface area contributed by atoms with Crippen molar-refractivity contribution < 1.29 is 13.7 Å². The van der Waals surface area contributed by atoms with Crippen LogP contribution in [-0.4, -0.2) is 55.2 Å². The van der Waals surface area contributed by atoms with E-state index in [-0.39, 0.29) is 17.6 Å². The second-order valence-electron chi connectivity index (χ2n) is 8.21. The van der Waals surface area contributed by atoms with E-state index in [0.717, 1.165) is 23.3 Å². The predicted molar refractivity (Wildman–Crippen MR) is 129 cm³/mol. The van der Waals surface area contributed by atoms with Gasteiger partial charge < -0.3 is 0 Å². The molecule has 1 aromatic rings. The van der Waals surface area contributed by atoms with Crippen molar-refractivity contribution in [2.75, 3.05) is 27.2 Å². The molecule has 172 valence electrons. The summed E-state index contributed by atoms with van der Waals surface area (Å²) in [7, 11) is 2.95. The molecule has 0 amide bonds. The Hall–Kier alpha value is -2.86. The first-order valence-corrected chi connectivity index (χ1v) is 10.7. The van der Waals surface area contributed by atoms with Gasteiger partial charge in [0.05, 0.1) is 5.70 Å². The van der Waals surface area contributed by atoms with Gasteiger partial charge in [0, 0.05) is 50.6 Å². The normalized spacial score (nSPS) is 16.8. The van der Waals surface area contributed by atoms with Gasteiger partial charge >= 0.3 is 0 Å². The number of allylic oxidation sites excluding steroid dienone is 2. The maximum Gasteiger partial charge on any atom is 0.159 e. The summed E-state index contributed by atoms with van der Waals surface area (Å²) in [6.45, 7) is 12.8. The van der Waals surface area contributed by atoms with Gasteiger partial charge in [-0.2, -0.15) is 0 Å². The van der Waals surface area contributed by atoms with Crippen molar-refractivity contribution in [2.45, 2.75) is 40.2 Å². The minimum absolute atomic E-state index is 0.113. The molecule has 1 aliphatic heterocycles. The lowest BCUT2D eigenvalue weighted by molar-refractivity contribution is 0.101. The van der Waals surface area contributed by atoms with Crippen LogP contribution in [0.4, 0.5) is 8.87 Å². The summed E-state index contributed by atoms with van der Waals surface area (Å²) in [6.07, 6.45) is 7.77. The van der Waals surface area contributed by atoms with Crippen LogP contribution in [0, 0.1) is 12.7 Å². The summed E-state index contributed by atoms with van der Waals surface area (Å²) in [6, 6.07) is 3.20. The molecule has 2 rings (SSSR count). The fraction of sp³-hybridized carbons (Fsp3) is 0.385. The van der Waals surface area contributed by atoms with Gasteiger partial charge in [0.1, 0.15) is 5.82 Å². The molecule has 4 nitrogen and oxygen atoms in total. The zero-order valence-corrected chi connectivity index (χ0v) is 19.9. The van der Waals surface area contributed by atoms with Crippen LogP contribution < -0.4 is 0 Å². The number of hydrogen-bond donors (Lipinski definition) is 0. The first-order valence-electron chi connectivity index (χ1n) is 10.7. The van der Waals surface area contributed by atoms with Crippen LogP contribution in [-0.2, 0) is 0 Å². The third kappa shape index (κ3) is 6.10. The average molecular weight is 442 g/mol. The lowest BCUT2D eigenvalue weighted by Gasteiger charge is -2.33. The second kappa shape index (κ2) is 11.1. The van der Waals surface area contributed by atoms with E-state index in [1.54, 1.807) is 19.2 Å². The number of aryl methyl sites for hydroxylation is 1. The Morgan fingerprint density at radius 3 is 2.53 bits per heavy atom. The molecule has 0 N–H and O–H groups in total. The van der Waals surface area contributed by atoms with Crippen LogP contribution in [0.25, 0.3) is 5.57 Å². The molecule has 1 unspecified atom stereocenters. The number of ketones is 1. The Labute approximate surface area is 190 Å². The van der Waals surface area contributed by atoms with E-state index in [1.807, 2.05) is 19.9 Å². The van der Waals surface area contributed by atoms with Crippen molar-refractivity contribution in [3.63, 3.8) is 0 Å². The minimum atomic E-state index is -0.347. The largest absolute Gasteiger partial charge is 0.296 e. The lowest BCUT2D eigenvalue weighted by atomic mass is 9.92. The van der Waals surface area contributed by atoms with Crippen molar-refractivity contribution in [3.05, 3.63) is 76.3 Å². The summed E-state index contributed by atoms with van der Waals surface area (Å²) in [4.78, 5) is 17.8. The van der Waals surface area contributed by atoms with Crippen molar-refractivity contribution in [3.8, 4) is 0 Å². The maximum atomic E-state index is 14.7. The Morgan fingerprint density at radius 1 is 1.34 bits per heavy atom. The van der Waals surface area contributed by atoms with Crippen LogP contribution in [0.15, 0.2) is 58.8 Å². The van der Waals surface area contributed by atoms with Gasteiger partial charge in [-0.1, -0.05) is 24.3 Å². The Bertz CT molecular complexity index is 979. The zero-order valence-electron chi connectivity index (χ0n) is 19.9. The molecule has 0 spiro atoms. The van der Waals surface area contributed by atoms with Crippen LogP contribution in [0.5, 0.6) is 0 Å². The molecule has 1 aliphatic rings. The molecule has 0 aromatic heterocycles. The van der Waals surface area contributed by atoms with Crippen LogP contribution in [0.3, 0.4) is 0 Å². The first kappa shape index (κ1) is 25.4. The third-order valence-electron chi connectivity index (χ3n) is 5.91. The molecule has 0 saturated carbocycles. The number of carbonyl (C=O) groups is 1. The molecule has 0 bridgehead atoms. The summed E-state index contributed by atoms with van der Waals surface area (Å²) < 4.78 is 28.6. The monoisotopic (exact) mass is 441 g/mol. The molecule has 0 fully saturated rings. The zero-order chi connectivity index (χ0) is 24.0. The quantitative estimate of drug-likeness (QED) is 0.224. The molecule has 1 atom stereocenters. The van der Waals surface area contributed by atoms with Crippen molar-refractivity contribution in [1.82, 2.24) is 10.0 Å². The number of likely N-dealkylation sites (N-methyl/N-ethyl adjacent to an activating group) is 1. The highest BCUT2D eigenvalue weighted by atomic mass is 19.2.